The molecule has 0 spiro atoms. The molecule has 1 aliphatic rings. The normalized spacial score (nSPS) is 21.0. The van der Waals surface area contributed by atoms with Gasteiger partial charge in [0.05, 0.1) is 11.9 Å². The molecule has 5 heteroatoms. The van der Waals surface area contributed by atoms with Gasteiger partial charge in [0, 0.05) is 36.7 Å². The molecule has 1 aromatic rings. The van der Waals surface area contributed by atoms with E-state index in [0.717, 1.165) is 23.1 Å². The van der Waals surface area contributed by atoms with Gasteiger partial charge in [0.1, 0.15) is 0 Å². The number of pyridine rings is 1. The Bertz CT molecular complexity index is 397. The van der Waals surface area contributed by atoms with Crippen LogP contribution >= 0.6 is 15.9 Å². The van der Waals surface area contributed by atoms with Gasteiger partial charge < -0.3 is 10.2 Å². The van der Waals surface area contributed by atoms with Gasteiger partial charge in [-0.3, -0.25) is 9.78 Å². The first-order valence-electron chi connectivity index (χ1n) is 5.26. The maximum atomic E-state index is 11.3. The largest absolute Gasteiger partial charge is 0.379 e. The van der Waals surface area contributed by atoms with Crippen LogP contribution in [0.5, 0.6) is 0 Å². The molecule has 0 bridgehead atoms. The van der Waals surface area contributed by atoms with Gasteiger partial charge in [0.25, 0.3) is 0 Å². The molecule has 1 unspecified atom stereocenters. The fourth-order valence-corrected chi connectivity index (χ4v) is 2.22. The van der Waals surface area contributed by atoms with Gasteiger partial charge in [-0.1, -0.05) is 0 Å². The number of carbonyl (C=O) groups excluding carboxylic acids is 1. The SMILES string of the molecule is CN1CC(Nc2cncc(Br)c2)CCC1=O. The van der Waals surface area contributed by atoms with Gasteiger partial charge in [-0.15, -0.1) is 0 Å². The minimum atomic E-state index is 0.227. The van der Waals surface area contributed by atoms with Gasteiger partial charge in [0.15, 0.2) is 0 Å². The number of hydrogen-bond donors (Lipinski definition) is 1. The predicted molar refractivity (Wildman–Crippen MR) is 66.2 cm³/mol. The summed E-state index contributed by atoms with van der Waals surface area (Å²) in [5.41, 5.74) is 0.988. The molecule has 1 fully saturated rings. The first kappa shape index (κ1) is 11.4. The smallest absolute Gasteiger partial charge is 0.222 e. The lowest BCUT2D eigenvalue weighted by Crippen LogP contribution is -2.43. The van der Waals surface area contributed by atoms with Crippen LogP contribution in [-0.2, 0) is 4.79 Å². The molecule has 2 heterocycles. The molecule has 0 radical (unpaired) electrons. The maximum absolute atomic E-state index is 11.3. The van der Waals surface area contributed by atoms with E-state index < -0.39 is 0 Å². The quantitative estimate of drug-likeness (QED) is 0.902. The topological polar surface area (TPSA) is 45.2 Å². The Balaban J connectivity index is 1.98. The molecule has 0 aliphatic carbocycles. The number of hydrogen-bond acceptors (Lipinski definition) is 3. The Hall–Kier alpha value is -1.10. The minimum Gasteiger partial charge on any atom is -0.379 e. The van der Waals surface area contributed by atoms with Gasteiger partial charge in [-0.25, -0.2) is 0 Å². The molecular formula is C11H14BrN3O. The van der Waals surface area contributed by atoms with E-state index in [1.54, 1.807) is 17.3 Å². The number of rotatable bonds is 2. The van der Waals surface area contributed by atoms with Crippen molar-refractivity contribution in [2.75, 3.05) is 18.9 Å². The zero-order valence-electron chi connectivity index (χ0n) is 9.11. The molecule has 1 atom stereocenters. The molecule has 0 aromatic carbocycles. The second-order valence-electron chi connectivity index (χ2n) is 4.05. The van der Waals surface area contributed by atoms with Crippen molar-refractivity contribution in [2.45, 2.75) is 18.9 Å². The first-order valence-corrected chi connectivity index (χ1v) is 6.05. The van der Waals surface area contributed by atoms with Crippen LogP contribution in [0.15, 0.2) is 22.9 Å². The zero-order chi connectivity index (χ0) is 11.5. The Morgan fingerprint density at radius 2 is 2.38 bits per heavy atom. The molecule has 4 nitrogen and oxygen atoms in total. The Morgan fingerprint density at radius 1 is 1.56 bits per heavy atom. The van der Waals surface area contributed by atoms with Gasteiger partial charge in [0.2, 0.25) is 5.91 Å². The number of anilines is 1. The van der Waals surface area contributed by atoms with E-state index in [4.69, 9.17) is 0 Å². The molecule has 0 saturated carbocycles. The van der Waals surface area contributed by atoms with E-state index in [1.807, 2.05) is 13.1 Å². The second kappa shape index (κ2) is 4.82. The lowest BCUT2D eigenvalue weighted by Gasteiger charge is -2.30. The van der Waals surface area contributed by atoms with E-state index >= 15 is 0 Å². The zero-order valence-corrected chi connectivity index (χ0v) is 10.7. The predicted octanol–water partition coefficient (Wildman–Crippen LogP) is 1.88. The Kier molecular flexibility index (Phi) is 3.43. The second-order valence-corrected chi connectivity index (χ2v) is 4.96. The summed E-state index contributed by atoms with van der Waals surface area (Å²) >= 11 is 3.38. The monoisotopic (exact) mass is 283 g/mol. The van der Waals surface area contributed by atoms with Crippen molar-refractivity contribution in [3.63, 3.8) is 0 Å². The molecule has 1 N–H and O–H groups in total. The minimum absolute atomic E-state index is 0.227. The highest BCUT2D eigenvalue weighted by molar-refractivity contribution is 9.10. The third-order valence-electron chi connectivity index (χ3n) is 2.70. The van der Waals surface area contributed by atoms with Crippen LogP contribution in [0.3, 0.4) is 0 Å². The highest BCUT2D eigenvalue weighted by Gasteiger charge is 2.22. The van der Waals surface area contributed by atoms with Gasteiger partial charge >= 0.3 is 0 Å². The Labute approximate surface area is 103 Å². The van der Waals surface area contributed by atoms with Crippen LogP contribution in [0.25, 0.3) is 0 Å². The Morgan fingerprint density at radius 3 is 3.06 bits per heavy atom. The number of likely N-dealkylation sites (N-methyl/N-ethyl adjacent to an activating group) is 1. The standard InChI is InChI=1S/C11H14BrN3O/c1-15-7-9(2-3-11(15)16)14-10-4-8(12)5-13-6-10/h4-6,9,14H,2-3,7H2,1H3. The van der Waals surface area contributed by atoms with Crippen molar-refractivity contribution < 1.29 is 4.79 Å². The summed E-state index contributed by atoms with van der Waals surface area (Å²) in [4.78, 5) is 17.2. The average Bonchev–Trinajstić information content (AvgIpc) is 2.24. The summed E-state index contributed by atoms with van der Waals surface area (Å²) in [6.07, 6.45) is 5.05. The van der Waals surface area contributed by atoms with Crippen molar-refractivity contribution in [1.82, 2.24) is 9.88 Å². The van der Waals surface area contributed by atoms with Crippen LogP contribution < -0.4 is 5.32 Å². The van der Waals surface area contributed by atoms with Crippen LogP contribution in [-0.4, -0.2) is 35.4 Å². The van der Waals surface area contributed by atoms with Crippen molar-refractivity contribution in [1.29, 1.82) is 0 Å². The molecule has 1 aliphatic heterocycles. The van der Waals surface area contributed by atoms with Crippen molar-refractivity contribution in [3.8, 4) is 0 Å². The molecule has 1 saturated heterocycles. The fourth-order valence-electron chi connectivity index (χ4n) is 1.86. The molecule has 1 amide bonds. The molecule has 16 heavy (non-hydrogen) atoms. The number of nitrogens with one attached hydrogen (secondary N) is 1. The van der Waals surface area contributed by atoms with Crippen molar-refractivity contribution >= 4 is 27.5 Å². The average molecular weight is 284 g/mol. The highest BCUT2D eigenvalue weighted by atomic mass is 79.9. The van der Waals surface area contributed by atoms with Gasteiger partial charge in [-0.2, -0.15) is 0 Å². The summed E-state index contributed by atoms with van der Waals surface area (Å²) < 4.78 is 0.956. The summed E-state index contributed by atoms with van der Waals surface area (Å²) in [5, 5.41) is 3.39. The van der Waals surface area contributed by atoms with Crippen LogP contribution in [0.4, 0.5) is 5.69 Å². The molecule has 1 aromatic heterocycles. The van der Waals surface area contributed by atoms with E-state index in [-0.39, 0.29) is 5.91 Å². The summed E-state index contributed by atoms with van der Waals surface area (Å²) in [6.45, 7) is 0.755. The van der Waals surface area contributed by atoms with Crippen molar-refractivity contribution in [2.24, 2.45) is 0 Å². The number of amides is 1. The molecular weight excluding hydrogens is 270 g/mol. The van der Waals surface area contributed by atoms with Crippen LogP contribution in [0.1, 0.15) is 12.8 Å². The number of likely N-dealkylation sites (tertiary alicyclic amines) is 1. The fraction of sp³-hybridized carbons (Fsp3) is 0.455. The summed E-state index contributed by atoms with van der Waals surface area (Å²) in [7, 11) is 1.84. The number of nitrogens with zero attached hydrogens (tertiary/aromatic N) is 2. The lowest BCUT2D eigenvalue weighted by molar-refractivity contribution is -0.132. The van der Waals surface area contributed by atoms with E-state index in [1.165, 1.54) is 0 Å². The molecule has 86 valence electrons. The number of halogens is 1. The number of aromatic nitrogens is 1. The number of carbonyl (C=O) groups is 1. The summed E-state index contributed by atoms with van der Waals surface area (Å²) in [5.74, 6) is 0.227. The van der Waals surface area contributed by atoms with Crippen LogP contribution in [0, 0.1) is 0 Å². The van der Waals surface area contributed by atoms with Crippen LogP contribution in [0.2, 0.25) is 0 Å². The maximum Gasteiger partial charge on any atom is 0.222 e. The lowest BCUT2D eigenvalue weighted by atomic mass is 10.1. The third-order valence-corrected chi connectivity index (χ3v) is 3.14. The first-order chi connectivity index (χ1) is 7.65. The summed E-state index contributed by atoms with van der Waals surface area (Å²) in [6, 6.07) is 2.31. The molecule has 2 rings (SSSR count). The highest BCUT2D eigenvalue weighted by Crippen LogP contribution is 2.18. The van der Waals surface area contributed by atoms with Gasteiger partial charge in [-0.05, 0) is 28.4 Å². The van der Waals surface area contributed by atoms with E-state index in [9.17, 15) is 4.79 Å². The third kappa shape index (κ3) is 2.72. The van der Waals surface area contributed by atoms with Crippen molar-refractivity contribution in [3.05, 3.63) is 22.9 Å². The van der Waals surface area contributed by atoms with E-state index in [2.05, 4.69) is 26.2 Å². The number of piperidine rings is 1. The van der Waals surface area contributed by atoms with E-state index in [0.29, 0.717) is 12.5 Å².